The Kier molecular flexibility index (Phi) is 7.36. The number of allylic oxidation sites excluding steroid dienone is 3. The van der Waals surface area contributed by atoms with Gasteiger partial charge in [-0.1, -0.05) is 62.2 Å². The molecule has 0 aromatic rings. The second-order valence-corrected chi connectivity index (χ2v) is 17.5. The maximum atomic E-state index is 12.7. The first-order chi connectivity index (χ1) is 10.6. The molecule has 6 nitrogen and oxygen atoms in total. The molecule has 1 amide bonds. The summed E-state index contributed by atoms with van der Waals surface area (Å²) in [6.07, 6.45) is 1.97. The lowest BCUT2D eigenvalue weighted by molar-refractivity contribution is -0.122. The zero-order chi connectivity index (χ0) is 17.4. The van der Waals surface area contributed by atoms with E-state index in [-0.39, 0.29) is 35.2 Å². The van der Waals surface area contributed by atoms with Gasteiger partial charge in [0, 0.05) is 3.58 Å². The van der Waals surface area contributed by atoms with Crippen molar-refractivity contribution in [3.63, 3.8) is 0 Å². The summed E-state index contributed by atoms with van der Waals surface area (Å²) >= 11 is -0.288. The van der Waals surface area contributed by atoms with Gasteiger partial charge in [0.05, 0.1) is 35.1 Å². The number of hydrogen-bond acceptors (Lipinski definition) is 4. The molecular weight excluding hydrogens is 776 g/mol. The second-order valence-electron chi connectivity index (χ2n) is 4.62. The van der Waals surface area contributed by atoms with Crippen LogP contribution in [-0.4, -0.2) is 42.8 Å². The highest BCUT2D eigenvalue weighted by molar-refractivity contribution is 14.2. The zero-order valence-corrected chi connectivity index (χ0v) is 21.5. The highest BCUT2D eigenvalue weighted by Crippen LogP contribution is 2.34. The van der Waals surface area contributed by atoms with Crippen molar-refractivity contribution < 1.29 is 17.8 Å². The molecule has 2 aliphatic heterocycles. The van der Waals surface area contributed by atoms with Gasteiger partial charge in [0.2, 0.25) is 5.91 Å². The molecule has 2 rings (SSSR count). The molecule has 2 aliphatic rings. The average Bonchev–Trinajstić information content (AvgIpc) is 2.57. The smallest absolute Gasteiger partial charge is 0.301 e. The van der Waals surface area contributed by atoms with E-state index in [4.69, 9.17) is 5.73 Å². The Morgan fingerprint density at radius 2 is 2.09 bits per heavy atom. The van der Waals surface area contributed by atoms with E-state index in [0.717, 1.165) is 3.58 Å². The van der Waals surface area contributed by atoms with Gasteiger partial charge in [-0.3, -0.25) is 12.5 Å². The van der Waals surface area contributed by atoms with Crippen LogP contribution in [0.5, 0.6) is 0 Å². The van der Waals surface area contributed by atoms with Gasteiger partial charge in [-0.05, 0) is 31.0 Å². The third-order valence-electron chi connectivity index (χ3n) is 2.67. The van der Waals surface area contributed by atoms with E-state index in [0.29, 0.717) is 6.54 Å². The van der Waals surface area contributed by atoms with Gasteiger partial charge in [-0.2, -0.15) is 8.42 Å². The largest absolute Gasteiger partial charge is 0.396 e. The summed E-state index contributed by atoms with van der Waals surface area (Å²) in [4.78, 5) is 12.7. The molecule has 11 heteroatoms. The van der Waals surface area contributed by atoms with E-state index < -0.39 is 55.5 Å². The minimum absolute atomic E-state index is 0.0868. The van der Waals surface area contributed by atoms with Crippen molar-refractivity contribution in [2.24, 2.45) is 5.73 Å². The molecule has 130 valence electrons. The molecule has 0 radical (unpaired) electrons. The third-order valence-corrected chi connectivity index (χ3v) is 15.6. The molecule has 1 unspecified atom stereocenters. The molecule has 0 aromatic heterocycles. The number of amides is 1. The van der Waals surface area contributed by atoms with Crippen molar-refractivity contribution in [1.29, 1.82) is 0 Å². The predicted molar refractivity (Wildman–Crippen MR) is 130 cm³/mol. The molecule has 2 heterocycles. The maximum absolute atomic E-state index is 12.7. The topological polar surface area (TPSA) is 101 Å². The number of fused-ring (bicyclic) bond motifs is 2. The monoisotopic (exact) mass is 790 g/mol. The first kappa shape index (κ1) is 20.5. The number of halogens is 4. The van der Waals surface area contributed by atoms with Gasteiger partial charge in [0.1, 0.15) is 6.77 Å². The minimum Gasteiger partial charge on any atom is -0.396 e. The summed E-state index contributed by atoms with van der Waals surface area (Å²) in [5.41, 5.74) is 6.24. The number of carbonyl (C=O) groups is 1. The van der Waals surface area contributed by atoms with Crippen LogP contribution >= 0.6 is 85.1 Å². The van der Waals surface area contributed by atoms with Gasteiger partial charge in [0.15, 0.2) is 0 Å². The summed E-state index contributed by atoms with van der Waals surface area (Å²) in [6, 6.07) is 0. The Morgan fingerprint density at radius 1 is 1.43 bits per heavy atom. The Morgan fingerprint density at radius 3 is 2.70 bits per heavy atom. The standard InChI is InChI=1S/C12H14I4N2O4S/c1-6-3-8-10(17)11(23(20,21)22)16-9(4-14-8)12(19)18(13)5-7(2)15-6/h3-4,9H,5,17H2,1-2H3,(H,20,21,22)/b6-3-. The molecule has 23 heavy (non-hydrogen) atoms. The van der Waals surface area contributed by atoms with Crippen molar-refractivity contribution >= 4 is 111 Å². The van der Waals surface area contributed by atoms with Crippen LogP contribution in [0.2, 0.25) is 0 Å². The Balaban J connectivity index is 2.76. The number of nitrogens with zero attached hydrogens (tertiary/aromatic N) is 1. The molecule has 0 saturated carbocycles. The zero-order valence-electron chi connectivity index (χ0n) is 12.1. The highest BCUT2D eigenvalue weighted by atomic mass is 127. The van der Waals surface area contributed by atoms with E-state index >= 15 is 0 Å². The fraction of sp³-hybridized carbons (Fsp3) is 0.333. The number of alkyl halides is 1. The Hall–Kier alpha value is 1.19. The number of hydrogen-bond donors (Lipinski definition) is 2. The van der Waals surface area contributed by atoms with Gasteiger partial charge in [0.25, 0.3) is 0 Å². The molecule has 3 N–H and O–H groups in total. The van der Waals surface area contributed by atoms with Crippen molar-refractivity contribution in [1.82, 2.24) is 3.11 Å². The van der Waals surface area contributed by atoms with E-state index in [9.17, 15) is 17.8 Å². The lowest BCUT2D eigenvalue weighted by Crippen LogP contribution is -2.33. The van der Waals surface area contributed by atoms with Gasteiger partial charge < -0.3 is 5.73 Å². The van der Waals surface area contributed by atoms with Crippen LogP contribution < -0.4 is 5.73 Å². The molecule has 0 spiro atoms. The van der Waals surface area contributed by atoms with Crippen LogP contribution in [0.3, 0.4) is 0 Å². The van der Waals surface area contributed by atoms with Crippen LogP contribution in [-0.2, 0) is 14.9 Å². The third kappa shape index (κ3) is 5.33. The summed E-state index contributed by atoms with van der Waals surface area (Å²) in [6.45, 7) is 4.65. The number of carbonyl (C=O) groups excluding carboxylic acids is 1. The SMILES string of the molecule is CC1=I/C(C)=C\C2=C(N)C(S(=O)(=O)O)=IC(C=I2)C(=O)N(I)C1. The van der Waals surface area contributed by atoms with Crippen LogP contribution in [0.15, 0.2) is 18.9 Å². The highest BCUT2D eigenvalue weighted by Gasteiger charge is 2.29. The van der Waals surface area contributed by atoms with E-state index in [1.165, 1.54) is 7.09 Å². The van der Waals surface area contributed by atoms with E-state index in [1.54, 1.807) is 3.11 Å². The van der Waals surface area contributed by atoms with Gasteiger partial charge in [-0.15, -0.1) is 0 Å². The van der Waals surface area contributed by atoms with Crippen LogP contribution in [0.4, 0.5) is 0 Å². The summed E-state index contributed by atoms with van der Waals surface area (Å²) in [7, 11) is -4.38. The minimum atomic E-state index is -4.38. The molecule has 1 atom stereocenters. The van der Waals surface area contributed by atoms with E-state index in [1.807, 2.05) is 39.9 Å². The predicted octanol–water partition coefficient (Wildman–Crippen LogP) is 2.56. The molecule has 0 saturated heterocycles. The van der Waals surface area contributed by atoms with Crippen molar-refractivity contribution in [2.45, 2.75) is 17.8 Å². The van der Waals surface area contributed by atoms with Crippen LogP contribution in [0.1, 0.15) is 13.8 Å². The summed E-state index contributed by atoms with van der Waals surface area (Å²) < 4.78 is 39.3. The Bertz CT molecular complexity index is 811. The van der Waals surface area contributed by atoms with Crippen molar-refractivity contribution in [2.75, 3.05) is 6.54 Å². The van der Waals surface area contributed by atoms with Gasteiger partial charge >= 0.3 is 10.1 Å². The Labute approximate surface area is 178 Å². The summed E-state index contributed by atoms with van der Waals surface area (Å²) in [5.74, 6) is -0.0868. The molecular formula is C12H14I4N2O4S. The average molecular weight is 790 g/mol. The lowest BCUT2D eigenvalue weighted by atomic mass is 10.4. The number of rotatable bonds is 1. The van der Waals surface area contributed by atoms with E-state index in [2.05, 4.69) is 6.92 Å². The quantitative estimate of drug-likeness (QED) is 0.184. The van der Waals surface area contributed by atoms with Gasteiger partial charge in [-0.25, -0.2) is 0 Å². The molecule has 0 aliphatic carbocycles. The fourth-order valence-electron chi connectivity index (χ4n) is 1.76. The van der Waals surface area contributed by atoms with Crippen molar-refractivity contribution in [3.05, 3.63) is 18.9 Å². The lowest BCUT2D eigenvalue weighted by Gasteiger charge is -2.18. The first-order valence-corrected chi connectivity index (χ1v) is 15.4. The summed E-state index contributed by atoms with van der Waals surface area (Å²) in [5, 5.41) is 0. The normalized spacial score (nSPS) is 26.4. The molecule has 0 aromatic carbocycles. The van der Waals surface area contributed by atoms with Crippen LogP contribution in [0, 0.1) is 0 Å². The maximum Gasteiger partial charge on any atom is 0.301 e. The fourth-order valence-corrected chi connectivity index (χ4v) is 15.7. The van der Waals surface area contributed by atoms with Crippen molar-refractivity contribution in [3.8, 4) is 0 Å². The molecule has 0 fully saturated rings. The molecule has 2 bridgehead atoms. The second kappa shape index (κ2) is 8.26. The van der Waals surface area contributed by atoms with Crippen LogP contribution in [0.25, 0.3) is 0 Å². The number of nitrogens with two attached hydrogens (primary N) is 1. The first-order valence-electron chi connectivity index (χ1n) is 6.17.